The Labute approximate surface area is 122 Å². The summed E-state index contributed by atoms with van der Waals surface area (Å²) in [6, 6.07) is 3.79. The maximum atomic E-state index is 13.6. The Balaban J connectivity index is 0.00000200. The maximum absolute atomic E-state index is 13.6. The minimum atomic E-state index is -0.527. The van der Waals surface area contributed by atoms with Crippen LogP contribution in [0.4, 0.5) is 15.8 Å². The lowest BCUT2D eigenvalue weighted by molar-refractivity contribution is -0.118. The summed E-state index contributed by atoms with van der Waals surface area (Å²) in [6.07, 6.45) is 1.69. The summed E-state index contributed by atoms with van der Waals surface area (Å²) in [6.45, 7) is 2.16. The number of benzene rings is 1. The lowest BCUT2D eigenvalue weighted by atomic mass is 10.2. The van der Waals surface area contributed by atoms with E-state index in [0.29, 0.717) is 5.69 Å². The van der Waals surface area contributed by atoms with Crippen molar-refractivity contribution in [2.75, 3.05) is 17.2 Å². The molecule has 2 rings (SSSR count). The number of halogens is 2. The van der Waals surface area contributed by atoms with Crippen molar-refractivity contribution in [3.05, 3.63) is 24.0 Å². The van der Waals surface area contributed by atoms with Crippen molar-refractivity contribution < 1.29 is 14.0 Å². The molecule has 0 spiro atoms. The van der Waals surface area contributed by atoms with Crippen LogP contribution in [0.2, 0.25) is 0 Å². The van der Waals surface area contributed by atoms with Crippen LogP contribution >= 0.6 is 12.4 Å². The first-order valence-electron chi connectivity index (χ1n) is 6.17. The summed E-state index contributed by atoms with van der Waals surface area (Å²) in [5.41, 5.74) is 0.522. The fraction of sp³-hybridized carbons (Fsp3) is 0.385. The summed E-state index contributed by atoms with van der Waals surface area (Å²) in [5.74, 6) is -1.03. The molecule has 110 valence electrons. The summed E-state index contributed by atoms with van der Waals surface area (Å²) in [5, 5.41) is 8.12. The van der Waals surface area contributed by atoms with Crippen molar-refractivity contribution in [2.45, 2.75) is 25.8 Å². The van der Waals surface area contributed by atoms with Gasteiger partial charge in [0.1, 0.15) is 5.82 Å². The molecule has 1 aliphatic rings. The summed E-state index contributed by atoms with van der Waals surface area (Å²) in [4.78, 5) is 22.8. The Bertz CT molecular complexity index is 504. The molecule has 1 atom stereocenters. The lowest BCUT2D eigenvalue weighted by Crippen LogP contribution is -2.35. The van der Waals surface area contributed by atoms with E-state index >= 15 is 0 Å². The molecule has 0 bridgehead atoms. The summed E-state index contributed by atoms with van der Waals surface area (Å²) in [7, 11) is 0. The van der Waals surface area contributed by atoms with Gasteiger partial charge in [-0.25, -0.2) is 4.39 Å². The Morgan fingerprint density at radius 2 is 2.10 bits per heavy atom. The van der Waals surface area contributed by atoms with E-state index in [2.05, 4.69) is 16.0 Å². The predicted molar refractivity (Wildman–Crippen MR) is 77.6 cm³/mol. The number of carbonyl (C=O) groups excluding carboxylic acids is 2. The smallest absolute Gasteiger partial charge is 0.241 e. The standard InChI is InChI=1S/C13H16FN3O2.ClH/c1-8(18)16-9-4-5-10(14)12(7-9)17-13(19)11-3-2-6-15-11;/h4-5,7,11,15H,2-3,6H2,1H3,(H,16,18)(H,17,19);1H/t11-;/m0./s1. The third-order valence-electron chi connectivity index (χ3n) is 2.92. The second kappa shape index (κ2) is 7.21. The molecule has 2 amide bonds. The molecular weight excluding hydrogens is 285 g/mol. The molecule has 1 aromatic carbocycles. The maximum Gasteiger partial charge on any atom is 0.241 e. The zero-order valence-corrected chi connectivity index (χ0v) is 11.8. The number of anilines is 2. The number of hydrogen-bond acceptors (Lipinski definition) is 3. The van der Waals surface area contributed by atoms with Gasteiger partial charge in [-0.05, 0) is 37.6 Å². The van der Waals surface area contributed by atoms with E-state index in [1.165, 1.54) is 25.1 Å². The molecule has 7 heteroatoms. The summed E-state index contributed by atoms with van der Waals surface area (Å²) >= 11 is 0. The lowest BCUT2D eigenvalue weighted by Gasteiger charge is -2.12. The molecular formula is C13H17ClFN3O2. The Morgan fingerprint density at radius 1 is 1.35 bits per heavy atom. The SMILES string of the molecule is CC(=O)Nc1ccc(F)c(NC(=O)[C@@H]2CCCN2)c1.Cl. The van der Waals surface area contributed by atoms with Crippen molar-refractivity contribution in [1.29, 1.82) is 0 Å². The van der Waals surface area contributed by atoms with E-state index in [1.807, 2.05) is 0 Å². The Morgan fingerprint density at radius 3 is 2.70 bits per heavy atom. The van der Waals surface area contributed by atoms with E-state index in [0.717, 1.165) is 19.4 Å². The Kier molecular flexibility index (Phi) is 5.91. The fourth-order valence-electron chi connectivity index (χ4n) is 2.03. The average molecular weight is 302 g/mol. The number of carbonyl (C=O) groups is 2. The molecule has 0 saturated carbocycles. The first-order valence-corrected chi connectivity index (χ1v) is 6.17. The van der Waals surface area contributed by atoms with E-state index in [1.54, 1.807) is 0 Å². The van der Waals surface area contributed by atoms with Crippen LogP contribution in [0.15, 0.2) is 18.2 Å². The molecule has 1 saturated heterocycles. The molecule has 0 radical (unpaired) electrons. The molecule has 1 aliphatic heterocycles. The van der Waals surface area contributed by atoms with Gasteiger partial charge < -0.3 is 16.0 Å². The molecule has 20 heavy (non-hydrogen) atoms. The van der Waals surface area contributed by atoms with Crippen LogP contribution in [0.5, 0.6) is 0 Å². The predicted octanol–water partition coefficient (Wildman–Crippen LogP) is 1.90. The zero-order valence-electron chi connectivity index (χ0n) is 11.0. The van der Waals surface area contributed by atoms with Crippen LogP contribution in [0.3, 0.4) is 0 Å². The number of hydrogen-bond donors (Lipinski definition) is 3. The van der Waals surface area contributed by atoms with Gasteiger partial charge >= 0.3 is 0 Å². The highest BCUT2D eigenvalue weighted by molar-refractivity contribution is 5.96. The Hall–Kier alpha value is -1.66. The van der Waals surface area contributed by atoms with Crippen molar-refractivity contribution in [1.82, 2.24) is 5.32 Å². The number of amides is 2. The normalized spacial score (nSPS) is 17.2. The molecule has 0 aliphatic carbocycles. The largest absolute Gasteiger partial charge is 0.326 e. The van der Waals surface area contributed by atoms with Crippen molar-refractivity contribution in [3.8, 4) is 0 Å². The van der Waals surface area contributed by atoms with Crippen LogP contribution in [0, 0.1) is 5.82 Å². The second-order valence-electron chi connectivity index (χ2n) is 4.51. The molecule has 3 N–H and O–H groups in total. The highest BCUT2D eigenvalue weighted by Gasteiger charge is 2.22. The number of nitrogens with one attached hydrogen (secondary N) is 3. The van der Waals surface area contributed by atoms with Crippen molar-refractivity contribution in [3.63, 3.8) is 0 Å². The quantitative estimate of drug-likeness (QED) is 0.798. The van der Waals surface area contributed by atoms with E-state index in [4.69, 9.17) is 0 Å². The van der Waals surface area contributed by atoms with Gasteiger partial charge in [0.2, 0.25) is 11.8 Å². The first kappa shape index (κ1) is 16.4. The van der Waals surface area contributed by atoms with E-state index < -0.39 is 5.82 Å². The molecule has 1 fully saturated rings. The molecule has 0 unspecified atom stereocenters. The minimum Gasteiger partial charge on any atom is -0.326 e. The molecule has 1 heterocycles. The highest BCUT2D eigenvalue weighted by atomic mass is 35.5. The topological polar surface area (TPSA) is 70.2 Å². The van der Waals surface area contributed by atoms with Crippen LogP contribution in [0.25, 0.3) is 0 Å². The van der Waals surface area contributed by atoms with Gasteiger partial charge in [-0.1, -0.05) is 0 Å². The molecule has 1 aromatic rings. The average Bonchev–Trinajstić information content (AvgIpc) is 2.86. The monoisotopic (exact) mass is 301 g/mol. The van der Waals surface area contributed by atoms with Gasteiger partial charge in [-0.2, -0.15) is 0 Å². The van der Waals surface area contributed by atoms with Gasteiger partial charge in [-0.3, -0.25) is 9.59 Å². The highest BCUT2D eigenvalue weighted by Crippen LogP contribution is 2.20. The van der Waals surface area contributed by atoms with Crippen LogP contribution in [-0.2, 0) is 9.59 Å². The minimum absolute atomic E-state index is 0. The molecule has 0 aromatic heterocycles. The molecule has 5 nitrogen and oxygen atoms in total. The van der Waals surface area contributed by atoms with Gasteiger partial charge in [0.05, 0.1) is 11.7 Å². The van der Waals surface area contributed by atoms with Crippen LogP contribution in [-0.4, -0.2) is 24.4 Å². The number of rotatable bonds is 3. The van der Waals surface area contributed by atoms with E-state index in [-0.39, 0.29) is 36.0 Å². The van der Waals surface area contributed by atoms with Crippen molar-refractivity contribution in [2.24, 2.45) is 0 Å². The van der Waals surface area contributed by atoms with Crippen LogP contribution in [0.1, 0.15) is 19.8 Å². The summed E-state index contributed by atoms with van der Waals surface area (Å²) < 4.78 is 13.6. The fourth-order valence-corrected chi connectivity index (χ4v) is 2.03. The second-order valence-corrected chi connectivity index (χ2v) is 4.51. The van der Waals surface area contributed by atoms with E-state index in [9.17, 15) is 14.0 Å². The first-order chi connectivity index (χ1) is 9.06. The van der Waals surface area contributed by atoms with Gasteiger partial charge in [0.25, 0.3) is 0 Å². The van der Waals surface area contributed by atoms with Crippen molar-refractivity contribution >= 4 is 35.6 Å². The van der Waals surface area contributed by atoms with Crippen LogP contribution < -0.4 is 16.0 Å². The van der Waals surface area contributed by atoms with Gasteiger partial charge in [0, 0.05) is 12.6 Å². The third-order valence-corrected chi connectivity index (χ3v) is 2.92. The van der Waals surface area contributed by atoms with Gasteiger partial charge in [-0.15, -0.1) is 12.4 Å². The van der Waals surface area contributed by atoms with Gasteiger partial charge in [0.15, 0.2) is 0 Å². The zero-order chi connectivity index (χ0) is 13.8. The third kappa shape index (κ3) is 4.18.